The van der Waals surface area contributed by atoms with Crippen molar-refractivity contribution in [3.8, 4) is 0 Å². The summed E-state index contributed by atoms with van der Waals surface area (Å²) in [6.45, 7) is 5.66. The zero-order valence-corrected chi connectivity index (χ0v) is 16.6. The minimum absolute atomic E-state index is 0.0942. The number of benzene rings is 2. The number of para-hydroxylation sites is 2. The van der Waals surface area contributed by atoms with Crippen molar-refractivity contribution in [3.63, 3.8) is 0 Å². The van der Waals surface area contributed by atoms with Gasteiger partial charge in [0.25, 0.3) is 11.6 Å². The standard InChI is InChI=1S/C22H25N3O4/c1-15-11-16(2)14-24(13-15)22(27)18-8-4-5-9-19(18)23-21(26)12-17-7-3-6-10-20(17)25(28)29/h3-10,15-16H,11-14H2,1-2H3,(H,23,26)/t15-,16-/m1/s1. The lowest BCUT2D eigenvalue weighted by atomic mass is 9.91. The first kappa shape index (κ1) is 20.5. The molecule has 2 atom stereocenters. The molecule has 1 aliphatic heterocycles. The van der Waals surface area contributed by atoms with Crippen LogP contribution < -0.4 is 5.32 Å². The zero-order valence-electron chi connectivity index (χ0n) is 16.6. The van der Waals surface area contributed by atoms with Gasteiger partial charge in [-0.1, -0.05) is 44.2 Å². The van der Waals surface area contributed by atoms with Crippen LogP contribution >= 0.6 is 0 Å². The highest BCUT2D eigenvalue weighted by Gasteiger charge is 2.27. The van der Waals surface area contributed by atoms with Gasteiger partial charge in [0.05, 0.1) is 22.6 Å². The number of nitrogens with one attached hydrogen (secondary N) is 1. The Morgan fingerprint density at radius 3 is 2.38 bits per heavy atom. The summed E-state index contributed by atoms with van der Waals surface area (Å²) in [5, 5.41) is 13.9. The largest absolute Gasteiger partial charge is 0.338 e. The molecule has 7 nitrogen and oxygen atoms in total. The summed E-state index contributed by atoms with van der Waals surface area (Å²) >= 11 is 0. The number of hydrogen-bond donors (Lipinski definition) is 1. The molecule has 0 aliphatic carbocycles. The topological polar surface area (TPSA) is 92.6 Å². The van der Waals surface area contributed by atoms with Crippen molar-refractivity contribution in [1.82, 2.24) is 4.90 Å². The Balaban J connectivity index is 1.76. The van der Waals surface area contributed by atoms with Crippen LogP contribution in [0.15, 0.2) is 48.5 Å². The van der Waals surface area contributed by atoms with Crippen LogP contribution in [0.2, 0.25) is 0 Å². The van der Waals surface area contributed by atoms with Crippen LogP contribution in [0.25, 0.3) is 0 Å². The molecule has 0 unspecified atom stereocenters. The maximum atomic E-state index is 13.1. The Labute approximate surface area is 169 Å². The molecule has 152 valence electrons. The molecule has 0 radical (unpaired) electrons. The van der Waals surface area contributed by atoms with E-state index in [2.05, 4.69) is 19.2 Å². The van der Waals surface area contributed by atoms with E-state index in [0.29, 0.717) is 41.7 Å². The second-order valence-corrected chi connectivity index (χ2v) is 7.81. The highest BCUT2D eigenvalue weighted by Crippen LogP contribution is 2.25. The van der Waals surface area contributed by atoms with Gasteiger partial charge in [-0.2, -0.15) is 0 Å². The number of nitrogens with zero attached hydrogens (tertiary/aromatic N) is 2. The predicted octanol–water partition coefficient (Wildman–Crippen LogP) is 3.89. The zero-order chi connectivity index (χ0) is 21.0. The lowest BCUT2D eigenvalue weighted by Gasteiger charge is -2.35. The van der Waals surface area contributed by atoms with Gasteiger partial charge in [-0.3, -0.25) is 19.7 Å². The number of piperidine rings is 1. The Morgan fingerprint density at radius 1 is 1.07 bits per heavy atom. The maximum absolute atomic E-state index is 13.1. The summed E-state index contributed by atoms with van der Waals surface area (Å²) in [5.74, 6) is 0.357. The van der Waals surface area contributed by atoms with E-state index in [1.54, 1.807) is 42.5 Å². The summed E-state index contributed by atoms with van der Waals surface area (Å²) in [6, 6.07) is 13.1. The van der Waals surface area contributed by atoms with E-state index >= 15 is 0 Å². The Kier molecular flexibility index (Phi) is 6.26. The monoisotopic (exact) mass is 395 g/mol. The Hall–Kier alpha value is -3.22. The first-order valence-corrected chi connectivity index (χ1v) is 9.75. The van der Waals surface area contributed by atoms with E-state index in [1.807, 2.05) is 4.90 Å². The van der Waals surface area contributed by atoms with Crippen LogP contribution in [0.4, 0.5) is 11.4 Å². The third kappa shape index (κ3) is 4.99. The summed E-state index contributed by atoms with van der Waals surface area (Å²) < 4.78 is 0. The number of likely N-dealkylation sites (tertiary alicyclic amines) is 1. The number of carbonyl (C=O) groups excluding carboxylic acids is 2. The summed E-state index contributed by atoms with van der Waals surface area (Å²) in [5.41, 5.74) is 1.09. The van der Waals surface area contributed by atoms with Gasteiger partial charge in [-0.15, -0.1) is 0 Å². The van der Waals surface area contributed by atoms with E-state index in [4.69, 9.17) is 0 Å². The molecule has 1 aliphatic rings. The molecular formula is C22H25N3O4. The van der Waals surface area contributed by atoms with Gasteiger partial charge in [0.15, 0.2) is 0 Å². The first-order chi connectivity index (χ1) is 13.8. The minimum atomic E-state index is -0.501. The van der Waals surface area contributed by atoms with Crippen molar-refractivity contribution in [2.45, 2.75) is 26.7 Å². The van der Waals surface area contributed by atoms with Gasteiger partial charge < -0.3 is 10.2 Å². The average molecular weight is 395 g/mol. The van der Waals surface area contributed by atoms with Gasteiger partial charge in [0.2, 0.25) is 5.91 Å². The molecule has 0 spiro atoms. The van der Waals surface area contributed by atoms with Crippen molar-refractivity contribution >= 4 is 23.2 Å². The number of amides is 2. The quantitative estimate of drug-likeness (QED) is 0.614. The second kappa shape index (κ2) is 8.86. The van der Waals surface area contributed by atoms with Crippen LogP contribution in [0.3, 0.4) is 0 Å². The Morgan fingerprint density at radius 2 is 1.69 bits per heavy atom. The fourth-order valence-corrected chi connectivity index (χ4v) is 3.98. The number of nitro benzene ring substituents is 1. The molecule has 7 heteroatoms. The molecular weight excluding hydrogens is 370 g/mol. The van der Waals surface area contributed by atoms with Gasteiger partial charge in [-0.25, -0.2) is 0 Å². The van der Waals surface area contributed by atoms with E-state index < -0.39 is 10.8 Å². The predicted molar refractivity (Wildman–Crippen MR) is 111 cm³/mol. The highest BCUT2D eigenvalue weighted by atomic mass is 16.6. The summed E-state index contributed by atoms with van der Waals surface area (Å²) in [7, 11) is 0. The molecule has 1 heterocycles. The van der Waals surface area contributed by atoms with Crippen LogP contribution in [0.1, 0.15) is 36.2 Å². The molecule has 1 saturated heterocycles. The highest BCUT2D eigenvalue weighted by molar-refractivity contribution is 6.04. The third-order valence-corrected chi connectivity index (χ3v) is 5.13. The van der Waals surface area contributed by atoms with Crippen molar-refractivity contribution in [2.75, 3.05) is 18.4 Å². The Bertz CT molecular complexity index is 918. The molecule has 29 heavy (non-hydrogen) atoms. The molecule has 0 saturated carbocycles. The fraction of sp³-hybridized carbons (Fsp3) is 0.364. The smallest absolute Gasteiger partial charge is 0.273 e. The lowest BCUT2D eigenvalue weighted by Crippen LogP contribution is -2.42. The van der Waals surface area contributed by atoms with Crippen molar-refractivity contribution in [2.24, 2.45) is 11.8 Å². The number of rotatable bonds is 5. The normalized spacial score (nSPS) is 18.9. The van der Waals surface area contributed by atoms with E-state index in [9.17, 15) is 19.7 Å². The minimum Gasteiger partial charge on any atom is -0.338 e. The molecule has 3 rings (SSSR count). The number of nitro groups is 1. The third-order valence-electron chi connectivity index (χ3n) is 5.13. The van der Waals surface area contributed by atoms with E-state index in [0.717, 1.165) is 6.42 Å². The van der Waals surface area contributed by atoms with Gasteiger partial charge in [0.1, 0.15) is 0 Å². The first-order valence-electron chi connectivity index (χ1n) is 9.75. The molecule has 2 aromatic carbocycles. The molecule has 1 N–H and O–H groups in total. The second-order valence-electron chi connectivity index (χ2n) is 7.81. The lowest BCUT2D eigenvalue weighted by molar-refractivity contribution is -0.385. The number of anilines is 1. The maximum Gasteiger partial charge on any atom is 0.273 e. The van der Waals surface area contributed by atoms with Crippen LogP contribution in [-0.4, -0.2) is 34.7 Å². The molecule has 1 fully saturated rings. The average Bonchev–Trinajstić information content (AvgIpc) is 2.67. The summed E-state index contributed by atoms with van der Waals surface area (Å²) in [6.07, 6.45) is 0.954. The fourth-order valence-electron chi connectivity index (χ4n) is 3.98. The van der Waals surface area contributed by atoms with Gasteiger partial charge in [0, 0.05) is 24.7 Å². The molecule has 2 amide bonds. The van der Waals surface area contributed by atoms with Crippen LogP contribution in [0, 0.1) is 22.0 Å². The molecule has 0 aromatic heterocycles. The van der Waals surface area contributed by atoms with Gasteiger partial charge in [-0.05, 0) is 30.4 Å². The molecule has 0 bridgehead atoms. The SMILES string of the molecule is C[C@@H]1C[C@@H](C)CN(C(=O)c2ccccc2NC(=O)Cc2ccccc2[N+](=O)[O-])C1. The molecule has 2 aromatic rings. The number of carbonyl (C=O) groups is 2. The van der Waals surface area contributed by atoms with Crippen molar-refractivity contribution in [3.05, 3.63) is 69.8 Å². The van der Waals surface area contributed by atoms with Crippen molar-refractivity contribution < 1.29 is 14.5 Å². The summed E-state index contributed by atoms with van der Waals surface area (Å²) in [4.78, 5) is 38.1. The van der Waals surface area contributed by atoms with Crippen LogP contribution in [-0.2, 0) is 11.2 Å². The van der Waals surface area contributed by atoms with E-state index in [-0.39, 0.29) is 18.0 Å². The number of hydrogen-bond acceptors (Lipinski definition) is 4. The van der Waals surface area contributed by atoms with Crippen molar-refractivity contribution in [1.29, 1.82) is 0 Å². The van der Waals surface area contributed by atoms with E-state index in [1.165, 1.54) is 6.07 Å². The van der Waals surface area contributed by atoms with Crippen LogP contribution in [0.5, 0.6) is 0 Å². The van der Waals surface area contributed by atoms with Gasteiger partial charge >= 0.3 is 0 Å².